The summed E-state index contributed by atoms with van der Waals surface area (Å²) in [7, 11) is -1.52. The average Bonchev–Trinajstić information content (AvgIpc) is 2.78. The van der Waals surface area contributed by atoms with E-state index in [1.807, 2.05) is 27.8 Å². The first-order valence-corrected chi connectivity index (χ1v) is 9.59. The van der Waals surface area contributed by atoms with Crippen molar-refractivity contribution in [1.29, 1.82) is 0 Å². The number of carbonyl (C=O) groups is 1. The molecule has 1 aromatic heterocycles. The third-order valence-electron chi connectivity index (χ3n) is 4.43. The summed E-state index contributed by atoms with van der Waals surface area (Å²) in [6.45, 7) is 6.09. The molecule has 1 aromatic rings. The van der Waals surface area contributed by atoms with E-state index in [4.69, 9.17) is 0 Å². The lowest BCUT2D eigenvalue weighted by Gasteiger charge is -2.27. The molecule has 25 heavy (non-hydrogen) atoms. The Labute approximate surface area is 147 Å². The van der Waals surface area contributed by atoms with Crippen molar-refractivity contribution in [1.82, 2.24) is 20.0 Å². The predicted molar refractivity (Wildman–Crippen MR) is 94.4 cm³/mol. The van der Waals surface area contributed by atoms with Crippen molar-refractivity contribution in [3.05, 3.63) is 40.9 Å². The molecule has 0 aromatic carbocycles. The largest absolute Gasteiger partial charge is 0.345 e. The van der Waals surface area contributed by atoms with E-state index in [1.165, 1.54) is 0 Å². The van der Waals surface area contributed by atoms with E-state index in [2.05, 4.69) is 14.8 Å². The zero-order valence-electron chi connectivity index (χ0n) is 14.6. The fourth-order valence-corrected chi connectivity index (χ4v) is 4.07. The maximum absolute atomic E-state index is 12.6. The normalized spacial score (nSPS) is 19.8. The van der Waals surface area contributed by atoms with Gasteiger partial charge in [-0.15, -0.1) is 4.40 Å². The van der Waals surface area contributed by atoms with Gasteiger partial charge in [-0.3, -0.25) is 9.48 Å². The third kappa shape index (κ3) is 3.37. The summed E-state index contributed by atoms with van der Waals surface area (Å²) in [5.41, 5.74) is 3.36. The number of amidine groups is 1. The molecule has 0 bridgehead atoms. The molecule has 0 spiro atoms. The molecule has 0 saturated heterocycles. The van der Waals surface area contributed by atoms with Crippen LogP contribution in [-0.2, 0) is 21.9 Å². The summed E-state index contributed by atoms with van der Waals surface area (Å²) in [6, 6.07) is -0.188. The van der Waals surface area contributed by atoms with Gasteiger partial charge in [0.2, 0.25) is 0 Å². The second-order valence-corrected chi connectivity index (χ2v) is 8.00. The highest BCUT2D eigenvalue weighted by Crippen LogP contribution is 2.22. The number of amides is 1. The first-order chi connectivity index (χ1) is 11.7. The predicted octanol–water partition coefficient (Wildman–Crippen LogP) is 0.712. The van der Waals surface area contributed by atoms with Crippen molar-refractivity contribution in [3.63, 3.8) is 0 Å². The van der Waals surface area contributed by atoms with Crippen molar-refractivity contribution in [2.45, 2.75) is 26.8 Å². The van der Waals surface area contributed by atoms with E-state index < -0.39 is 10.0 Å². The van der Waals surface area contributed by atoms with Crippen molar-refractivity contribution in [2.75, 3.05) is 12.3 Å². The van der Waals surface area contributed by atoms with Gasteiger partial charge < -0.3 is 10.2 Å². The van der Waals surface area contributed by atoms with Gasteiger partial charge in [0, 0.05) is 31.0 Å². The molecule has 8 nitrogen and oxygen atoms in total. The van der Waals surface area contributed by atoms with E-state index in [0.29, 0.717) is 18.0 Å². The lowest BCUT2D eigenvalue weighted by atomic mass is 10.1. The van der Waals surface area contributed by atoms with Gasteiger partial charge in [0.1, 0.15) is 5.84 Å². The molecule has 1 N–H and O–H groups in total. The highest BCUT2D eigenvalue weighted by Gasteiger charge is 2.26. The van der Waals surface area contributed by atoms with Crippen LogP contribution in [0.25, 0.3) is 0 Å². The van der Waals surface area contributed by atoms with Crippen LogP contribution in [0.1, 0.15) is 29.9 Å². The van der Waals surface area contributed by atoms with Crippen LogP contribution >= 0.6 is 0 Å². The highest BCUT2D eigenvalue weighted by atomic mass is 32.2. The fraction of sp³-hybridized carbons (Fsp3) is 0.438. The van der Waals surface area contributed by atoms with Crippen molar-refractivity contribution in [3.8, 4) is 0 Å². The Balaban J connectivity index is 1.77. The highest BCUT2D eigenvalue weighted by molar-refractivity contribution is 7.90. The number of hydrogen-bond acceptors (Lipinski definition) is 5. The van der Waals surface area contributed by atoms with Gasteiger partial charge in [-0.2, -0.15) is 5.10 Å². The van der Waals surface area contributed by atoms with Gasteiger partial charge in [-0.05, 0) is 32.9 Å². The van der Waals surface area contributed by atoms with Crippen LogP contribution in [0.15, 0.2) is 28.3 Å². The topological polar surface area (TPSA) is 96.7 Å². The maximum Gasteiger partial charge on any atom is 0.256 e. The number of nitrogens with one attached hydrogen (secondary N) is 1. The van der Waals surface area contributed by atoms with Crippen LogP contribution in [0.3, 0.4) is 0 Å². The van der Waals surface area contributed by atoms with Gasteiger partial charge in [-0.25, -0.2) is 8.42 Å². The van der Waals surface area contributed by atoms with Crippen LogP contribution in [0, 0.1) is 13.8 Å². The SMILES string of the molecule is Cc1nn(C)c(C)c1C(C)NC(=O)C1=CN2CCS(=O)(=O)N=C2C=C1. The Kier molecular flexibility index (Phi) is 4.28. The van der Waals surface area contributed by atoms with Gasteiger partial charge in [0.15, 0.2) is 0 Å². The molecule has 3 heterocycles. The molecule has 0 aliphatic carbocycles. The van der Waals surface area contributed by atoms with Crippen LogP contribution in [0.5, 0.6) is 0 Å². The summed E-state index contributed by atoms with van der Waals surface area (Å²) < 4.78 is 28.6. The standard InChI is InChI=1S/C16H21N5O3S/c1-10(15-11(2)18-20(4)12(15)3)17-16(22)13-5-6-14-19-25(23,24)8-7-21(14)9-13/h5-6,9-10H,7-8H2,1-4H3,(H,17,22). The molecule has 0 radical (unpaired) electrons. The Morgan fingerprint density at radius 2 is 2.04 bits per heavy atom. The first-order valence-electron chi connectivity index (χ1n) is 7.98. The zero-order chi connectivity index (χ0) is 18.4. The van der Waals surface area contributed by atoms with Gasteiger partial charge >= 0.3 is 0 Å². The van der Waals surface area contributed by atoms with Crippen molar-refractivity contribution in [2.24, 2.45) is 11.4 Å². The number of fused-ring (bicyclic) bond motifs is 1. The summed E-state index contributed by atoms with van der Waals surface area (Å²) in [5, 5.41) is 7.35. The monoisotopic (exact) mass is 363 g/mol. The number of nitrogens with zero attached hydrogens (tertiary/aromatic N) is 4. The number of hydrogen-bond donors (Lipinski definition) is 1. The smallest absolute Gasteiger partial charge is 0.256 e. The van der Waals surface area contributed by atoms with Gasteiger partial charge in [-0.1, -0.05) is 0 Å². The lowest BCUT2D eigenvalue weighted by molar-refractivity contribution is -0.117. The average molecular weight is 363 g/mol. The second-order valence-electron chi connectivity index (χ2n) is 6.25. The third-order valence-corrected chi connectivity index (χ3v) is 5.60. The maximum atomic E-state index is 12.6. The molecule has 3 rings (SSSR count). The molecule has 0 saturated carbocycles. The van der Waals surface area contributed by atoms with Crippen molar-refractivity contribution >= 4 is 21.8 Å². The fourth-order valence-electron chi connectivity index (χ4n) is 3.10. The molecule has 1 unspecified atom stereocenters. The summed E-state index contributed by atoms with van der Waals surface area (Å²) >= 11 is 0. The Morgan fingerprint density at radius 3 is 2.68 bits per heavy atom. The van der Waals surface area contributed by atoms with Crippen LogP contribution in [0.4, 0.5) is 0 Å². The van der Waals surface area contributed by atoms with Crippen LogP contribution < -0.4 is 5.32 Å². The molecule has 0 fully saturated rings. The Bertz CT molecular complexity index is 924. The minimum atomic E-state index is -3.40. The van der Waals surface area contributed by atoms with E-state index in [-0.39, 0.29) is 17.7 Å². The molecule has 1 atom stereocenters. The molecular formula is C16H21N5O3S. The lowest BCUT2D eigenvalue weighted by Crippen LogP contribution is -2.38. The van der Waals surface area contributed by atoms with Crippen molar-refractivity contribution < 1.29 is 13.2 Å². The number of aromatic nitrogens is 2. The molecule has 134 valence electrons. The minimum absolute atomic E-state index is 0.0553. The van der Waals surface area contributed by atoms with Crippen LogP contribution in [0.2, 0.25) is 0 Å². The minimum Gasteiger partial charge on any atom is -0.345 e. The molecule has 2 aliphatic rings. The summed E-state index contributed by atoms with van der Waals surface area (Å²) in [4.78, 5) is 14.3. The van der Waals surface area contributed by atoms with E-state index >= 15 is 0 Å². The van der Waals surface area contributed by atoms with E-state index in [0.717, 1.165) is 17.0 Å². The molecular weight excluding hydrogens is 342 g/mol. The van der Waals surface area contributed by atoms with E-state index in [1.54, 1.807) is 27.9 Å². The Morgan fingerprint density at radius 1 is 1.32 bits per heavy atom. The summed E-state index contributed by atoms with van der Waals surface area (Å²) in [5.74, 6) is 0.0638. The van der Waals surface area contributed by atoms with Gasteiger partial charge in [0.05, 0.1) is 23.1 Å². The molecule has 2 aliphatic heterocycles. The zero-order valence-corrected chi connectivity index (χ0v) is 15.5. The van der Waals surface area contributed by atoms with Gasteiger partial charge in [0.25, 0.3) is 15.9 Å². The quantitative estimate of drug-likeness (QED) is 0.853. The van der Waals surface area contributed by atoms with Crippen LogP contribution in [-0.4, -0.2) is 47.1 Å². The number of sulfonamides is 1. The number of carbonyl (C=O) groups excluding carboxylic acids is 1. The number of aryl methyl sites for hydroxylation is 2. The second kappa shape index (κ2) is 6.14. The summed E-state index contributed by atoms with van der Waals surface area (Å²) in [6.07, 6.45) is 4.77. The molecule has 1 amide bonds. The molecule has 9 heteroatoms. The first kappa shape index (κ1) is 17.4. The Hall–Kier alpha value is -2.42. The number of rotatable bonds is 3. The van der Waals surface area contributed by atoms with E-state index in [9.17, 15) is 13.2 Å².